The Hall–Kier alpha value is -1.13. The van der Waals surface area contributed by atoms with Crippen molar-refractivity contribution in [2.75, 3.05) is 13.2 Å². The third kappa shape index (κ3) is 3.47. The molecule has 0 saturated carbocycles. The van der Waals surface area contributed by atoms with Gasteiger partial charge >= 0.3 is 5.97 Å². The minimum atomic E-state index is -0.266. The molecule has 0 aliphatic heterocycles. The molecule has 0 spiro atoms. The monoisotopic (exact) mass is 240 g/mol. The molecule has 0 aromatic carbocycles. The Kier molecular flexibility index (Phi) is 5.22. The first-order chi connectivity index (χ1) is 7.69. The largest absolute Gasteiger partial charge is 0.462 e. The van der Waals surface area contributed by atoms with E-state index >= 15 is 0 Å². The molecule has 0 aliphatic rings. The molecule has 1 aromatic rings. The van der Waals surface area contributed by atoms with Crippen molar-refractivity contribution >= 4 is 23.4 Å². The first-order valence-corrected chi connectivity index (χ1v) is 6.05. The summed E-state index contributed by atoms with van der Waals surface area (Å²) in [5, 5.41) is 8.66. The number of ether oxygens (including phenoxy) is 1. The van der Waals surface area contributed by atoms with Gasteiger partial charge < -0.3 is 9.84 Å². The molecule has 0 amide bonds. The highest BCUT2D eigenvalue weighted by molar-refractivity contribution is 7.15. The molecule has 88 valence electrons. The second kappa shape index (κ2) is 6.45. The molecule has 0 fully saturated rings. The number of aliphatic hydroxyl groups is 1. The number of hydrogen-bond acceptors (Lipinski definition) is 4. The topological polar surface area (TPSA) is 46.5 Å². The number of thiophene rings is 1. The van der Waals surface area contributed by atoms with Crippen LogP contribution in [-0.2, 0) is 4.74 Å². The fourth-order valence-corrected chi connectivity index (χ4v) is 2.23. The molecule has 1 heterocycles. The van der Waals surface area contributed by atoms with Gasteiger partial charge in [0.2, 0.25) is 0 Å². The summed E-state index contributed by atoms with van der Waals surface area (Å²) in [7, 11) is 0. The Bertz CT molecular complexity index is 380. The van der Waals surface area contributed by atoms with Crippen LogP contribution >= 0.6 is 11.3 Å². The highest BCUT2D eigenvalue weighted by Crippen LogP contribution is 2.24. The molecule has 1 aromatic heterocycles. The summed E-state index contributed by atoms with van der Waals surface area (Å²) in [5.74, 6) is -0.266. The predicted molar refractivity (Wildman–Crippen MR) is 65.7 cm³/mol. The van der Waals surface area contributed by atoms with Gasteiger partial charge in [0.15, 0.2) is 0 Å². The lowest BCUT2D eigenvalue weighted by Crippen LogP contribution is -2.01. The van der Waals surface area contributed by atoms with Crippen LogP contribution in [0.5, 0.6) is 0 Å². The summed E-state index contributed by atoms with van der Waals surface area (Å²) >= 11 is 1.42. The van der Waals surface area contributed by atoms with Gasteiger partial charge in [-0.05, 0) is 38.0 Å². The fraction of sp³-hybridized carbons (Fsp3) is 0.417. The van der Waals surface area contributed by atoms with Crippen molar-refractivity contribution in [2.45, 2.75) is 20.3 Å². The van der Waals surface area contributed by atoms with Crippen LogP contribution in [0.2, 0.25) is 0 Å². The summed E-state index contributed by atoms with van der Waals surface area (Å²) in [6.45, 7) is 4.29. The molecule has 0 saturated heterocycles. The Morgan fingerprint density at radius 3 is 3.00 bits per heavy atom. The third-order valence-electron chi connectivity index (χ3n) is 2.00. The molecule has 0 radical (unpaired) electrons. The predicted octanol–water partition coefficient (Wildman–Crippen LogP) is 2.63. The van der Waals surface area contributed by atoms with E-state index in [1.54, 1.807) is 6.92 Å². The van der Waals surface area contributed by atoms with E-state index in [1.165, 1.54) is 11.3 Å². The highest BCUT2D eigenvalue weighted by atomic mass is 32.1. The number of aliphatic hydroxyl groups excluding tert-OH is 1. The smallest absolute Gasteiger partial charge is 0.348 e. The SMILES string of the molecule is CCOC(=O)c1cc(C)c(C=CCCO)s1. The Morgan fingerprint density at radius 1 is 1.62 bits per heavy atom. The maximum atomic E-state index is 11.5. The van der Waals surface area contributed by atoms with Crippen LogP contribution in [0.25, 0.3) is 6.08 Å². The van der Waals surface area contributed by atoms with Crippen LogP contribution in [0.15, 0.2) is 12.1 Å². The summed E-state index contributed by atoms with van der Waals surface area (Å²) in [5.41, 5.74) is 1.06. The summed E-state index contributed by atoms with van der Waals surface area (Å²) < 4.78 is 4.93. The van der Waals surface area contributed by atoms with Gasteiger partial charge in [-0.3, -0.25) is 0 Å². The maximum Gasteiger partial charge on any atom is 0.348 e. The minimum Gasteiger partial charge on any atom is -0.462 e. The highest BCUT2D eigenvalue weighted by Gasteiger charge is 2.11. The standard InChI is InChI=1S/C12H16O3S/c1-3-15-12(14)11-8-9(2)10(16-11)6-4-5-7-13/h4,6,8,13H,3,5,7H2,1-2H3. The van der Waals surface area contributed by atoms with E-state index in [4.69, 9.17) is 9.84 Å². The van der Waals surface area contributed by atoms with Crippen molar-refractivity contribution < 1.29 is 14.6 Å². The number of carbonyl (C=O) groups is 1. The lowest BCUT2D eigenvalue weighted by molar-refractivity contribution is 0.0532. The average molecular weight is 240 g/mol. The van der Waals surface area contributed by atoms with E-state index in [2.05, 4.69) is 0 Å². The van der Waals surface area contributed by atoms with Crippen LogP contribution in [-0.4, -0.2) is 24.3 Å². The van der Waals surface area contributed by atoms with Crippen LogP contribution in [0.3, 0.4) is 0 Å². The van der Waals surface area contributed by atoms with Gasteiger partial charge in [-0.1, -0.05) is 6.08 Å². The van der Waals surface area contributed by atoms with Gasteiger partial charge in [-0.25, -0.2) is 4.79 Å². The van der Waals surface area contributed by atoms with Crippen molar-refractivity contribution in [1.82, 2.24) is 0 Å². The number of esters is 1. The van der Waals surface area contributed by atoms with Gasteiger partial charge in [0.1, 0.15) is 4.88 Å². The Labute approximate surface area is 99.4 Å². The number of rotatable bonds is 5. The van der Waals surface area contributed by atoms with Crippen molar-refractivity contribution in [3.05, 3.63) is 27.5 Å². The molecular formula is C12H16O3S. The van der Waals surface area contributed by atoms with Gasteiger partial charge in [-0.15, -0.1) is 11.3 Å². The molecule has 0 aliphatic carbocycles. The normalized spacial score (nSPS) is 10.9. The molecule has 0 bridgehead atoms. The van der Waals surface area contributed by atoms with Gasteiger partial charge in [0.05, 0.1) is 6.61 Å². The molecule has 3 nitrogen and oxygen atoms in total. The maximum absolute atomic E-state index is 11.5. The van der Waals surface area contributed by atoms with E-state index in [0.717, 1.165) is 10.4 Å². The first kappa shape index (κ1) is 12.9. The van der Waals surface area contributed by atoms with E-state index in [-0.39, 0.29) is 12.6 Å². The lowest BCUT2D eigenvalue weighted by atomic mass is 10.2. The summed E-state index contributed by atoms with van der Waals surface area (Å²) in [6, 6.07) is 1.83. The first-order valence-electron chi connectivity index (χ1n) is 5.24. The van der Waals surface area contributed by atoms with Gasteiger partial charge in [-0.2, -0.15) is 0 Å². The van der Waals surface area contributed by atoms with Crippen LogP contribution < -0.4 is 0 Å². The van der Waals surface area contributed by atoms with Crippen molar-refractivity contribution in [3.63, 3.8) is 0 Å². The zero-order valence-electron chi connectivity index (χ0n) is 9.53. The number of carbonyl (C=O) groups excluding carboxylic acids is 1. The van der Waals surface area contributed by atoms with E-state index < -0.39 is 0 Å². The second-order valence-electron chi connectivity index (χ2n) is 3.29. The molecule has 1 N–H and O–H groups in total. The molecule has 0 atom stereocenters. The zero-order valence-corrected chi connectivity index (χ0v) is 10.3. The molecule has 16 heavy (non-hydrogen) atoms. The summed E-state index contributed by atoms with van der Waals surface area (Å²) in [4.78, 5) is 13.1. The average Bonchev–Trinajstić information content (AvgIpc) is 2.61. The van der Waals surface area contributed by atoms with E-state index in [9.17, 15) is 4.79 Å². The quantitative estimate of drug-likeness (QED) is 0.805. The molecule has 1 rings (SSSR count). The lowest BCUT2D eigenvalue weighted by Gasteiger charge is -1.96. The molecule has 4 heteroatoms. The summed E-state index contributed by atoms with van der Waals surface area (Å²) in [6.07, 6.45) is 4.46. The van der Waals surface area contributed by atoms with Crippen LogP contribution in [0.1, 0.15) is 33.5 Å². The van der Waals surface area contributed by atoms with E-state index in [1.807, 2.05) is 25.1 Å². The van der Waals surface area contributed by atoms with Gasteiger partial charge in [0, 0.05) is 11.5 Å². The van der Waals surface area contributed by atoms with Crippen LogP contribution in [0.4, 0.5) is 0 Å². The second-order valence-corrected chi connectivity index (χ2v) is 4.38. The minimum absolute atomic E-state index is 0.145. The van der Waals surface area contributed by atoms with Crippen LogP contribution in [0, 0.1) is 6.92 Å². The zero-order chi connectivity index (χ0) is 12.0. The Morgan fingerprint density at radius 2 is 2.38 bits per heavy atom. The van der Waals surface area contributed by atoms with Crippen molar-refractivity contribution in [2.24, 2.45) is 0 Å². The Balaban J connectivity index is 2.77. The van der Waals surface area contributed by atoms with Crippen molar-refractivity contribution in [1.29, 1.82) is 0 Å². The third-order valence-corrected chi connectivity index (χ3v) is 3.18. The van der Waals surface area contributed by atoms with E-state index in [0.29, 0.717) is 17.9 Å². The number of hydrogen-bond donors (Lipinski definition) is 1. The molecular weight excluding hydrogens is 224 g/mol. The number of aryl methyl sites for hydroxylation is 1. The van der Waals surface area contributed by atoms with Gasteiger partial charge in [0.25, 0.3) is 0 Å². The fourth-order valence-electron chi connectivity index (χ4n) is 1.23. The molecule has 0 unspecified atom stereocenters. The van der Waals surface area contributed by atoms with Crippen molar-refractivity contribution in [3.8, 4) is 0 Å².